The van der Waals surface area contributed by atoms with E-state index >= 15 is 0 Å². The number of carbonyl (C=O) groups is 1. The lowest BCUT2D eigenvalue weighted by molar-refractivity contribution is -0.136. The van der Waals surface area contributed by atoms with Crippen molar-refractivity contribution in [2.24, 2.45) is 12.8 Å². The standard InChI is InChI=1S/C9H15N3O2S/c1-6-5-8(12(2)11-6)15-7(3-4-10)9(13)14/h5,7H,3-4,10H2,1-2H3,(H,13,14). The lowest BCUT2D eigenvalue weighted by Crippen LogP contribution is -2.20. The van der Waals surface area contributed by atoms with E-state index in [1.165, 1.54) is 11.8 Å². The molecule has 1 atom stereocenters. The SMILES string of the molecule is Cc1cc(SC(CCN)C(=O)O)n(C)n1. The van der Waals surface area contributed by atoms with E-state index in [2.05, 4.69) is 5.10 Å². The first-order valence-electron chi connectivity index (χ1n) is 4.64. The van der Waals surface area contributed by atoms with Crippen molar-refractivity contribution in [1.29, 1.82) is 0 Å². The molecule has 1 aromatic rings. The second-order valence-electron chi connectivity index (χ2n) is 3.27. The van der Waals surface area contributed by atoms with Gasteiger partial charge in [0.15, 0.2) is 0 Å². The van der Waals surface area contributed by atoms with Gasteiger partial charge in [0.05, 0.1) is 10.7 Å². The van der Waals surface area contributed by atoms with Gasteiger partial charge in [0.25, 0.3) is 0 Å². The van der Waals surface area contributed by atoms with E-state index in [-0.39, 0.29) is 0 Å². The van der Waals surface area contributed by atoms with Gasteiger partial charge in [0, 0.05) is 7.05 Å². The number of nitrogens with zero attached hydrogens (tertiary/aromatic N) is 2. The Balaban J connectivity index is 2.73. The number of hydrogen-bond donors (Lipinski definition) is 2. The van der Waals surface area contributed by atoms with Crippen LogP contribution in [0.5, 0.6) is 0 Å². The Kier molecular flexibility index (Phi) is 4.16. The Morgan fingerprint density at radius 3 is 2.87 bits per heavy atom. The van der Waals surface area contributed by atoms with E-state index in [1.807, 2.05) is 13.0 Å². The molecule has 0 aliphatic rings. The number of aromatic nitrogens is 2. The monoisotopic (exact) mass is 229 g/mol. The summed E-state index contributed by atoms with van der Waals surface area (Å²) < 4.78 is 1.69. The molecule has 0 spiro atoms. The van der Waals surface area contributed by atoms with Crippen LogP contribution in [0.4, 0.5) is 0 Å². The predicted octanol–water partition coefficient (Wildman–Crippen LogP) is 0.623. The number of rotatable bonds is 5. The Morgan fingerprint density at radius 1 is 1.80 bits per heavy atom. The van der Waals surface area contributed by atoms with Crippen molar-refractivity contribution in [3.8, 4) is 0 Å². The highest BCUT2D eigenvalue weighted by Gasteiger charge is 2.19. The second kappa shape index (κ2) is 5.18. The third-order valence-corrected chi connectivity index (χ3v) is 3.27. The Bertz CT molecular complexity index is 351. The van der Waals surface area contributed by atoms with Crippen LogP contribution in [-0.4, -0.2) is 32.7 Å². The molecule has 0 saturated heterocycles. The molecule has 6 heteroatoms. The van der Waals surface area contributed by atoms with Crippen LogP contribution in [0.3, 0.4) is 0 Å². The molecule has 1 unspecified atom stereocenters. The van der Waals surface area contributed by atoms with Gasteiger partial charge >= 0.3 is 5.97 Å². The average molecular weight is 229 g/mol. The quantitative estimate of drug-likeness (QED) is 0.723. The highest BCUT2D eigenvalue weighted by Crippen LogP contribution is 2.25. The molecule has 15 heavy (non-hydrogen) atoms. The van der Waals surface area contributed by atoms with Gasteiger partial charge in [0.1, 0.15) is 5.25 Å². The van der Waals surface area contributed by atoms with E-state index in [9.17, 15) is 4.79 Å². The van der Waals surface area contributed by atoms with Crippen LogP contribution in [0.2, 0.25) is 0 Å². The van der Waals surface area contributed by atoms with Gasteiger partial charge in [-0.05, 0) is 26.0 Å². The number of hydrogen-bond acceptors (Lipinski definition) is 4. The third-order valence-electron chi connectivity index (χ3n) is 1.93. The topological polar surface area (TPSA) is 81.1 Å². The Hall–Kier alpha value is -1.01. The molecule has 0 amide bonds. The van der Waals surface area contributed by atoms with Crippen LogP contribution in [0, 0.1) is 6.92 Å². The summed E-state index contributed by atoms with van der Waals surface area (Å²) in [6.07, 6.45) is 0.463. The molecule has 0 fully saturated rings. The highest BCUT2D eigenvalue weighted by atomic mass is 32.2. The summed E-state index contributed by atoms with van der Waals surface area (Å²) in [4.78, 5) is 10.9. The molecule has 3 N–H and O–H groups in total. The maximum atomic E-state index is 10.9. The van der Waals surface area contributed by atoms with Gasteiger partial charge in [-0.25, -0.2) is 0 Å². The molecule has 84 valence electrons. The number of carboxylic acid groups (broad SMARTS) is 1. The summed E-state index contributed by atoms with van der Waals surface area (Å²) >= 11 is 1.29. The van der Waals surface area contributed by atoms with Crippen LogP contribution in [0.1, 0.15) is 12.1 Å². The van der Waals surface area contributed by atoms with Gasteiger partial charge in [-0.2, -0.15) is 5.10 Å². The lowest BCUT2D eigenvalue weighted by atomic mass is 10.3. The molecular weight excluding hydrogens is 214 g/mol. The largest absolute Gasteiger partial charge is 0.480 e. The smallest absolute Gasteiger partial charge is 0.317 e. The molecule has 0 aromatic carbocycles. The van der Waals surface area contributed by atoms with Crippen molar-refractivity contribution >= 4 is 17.7 Å². The maximum absolute atomic E-state index is 10.9. The summed E-state index contributed by atoms with van der Waals surface area (Å²) in [6.45, 7) is 2.25. The Labute approximate surface area is 92.6 Å². The zero-order chi connectivity index (χ0) is 11.4. The number of aliphatic carboxylic acids is 1. The van der Waals surface area contributed by atoms with Crippen LogP contribution in [-0.2, 0) is 11.8 Å². The fourth-order valence-electron chi connectivity index (χ4n) is 1.23. The maximum Gasteiger partial charge on any atom is 0.317 e. The number of carboxylic acids is 1. The predicted molar refractivity (Wildman–Crippen MR) is 58.9 cm³/mol. The minimum atomic E-state index is -0.829. The molecule has 5 nitrogen and oxygen atoms in total. The van der Waals surface area contributed by atoms with Crippen molar-refractivity contribution in [3.63, 3.8) is 0 Å². The van der Waals surface area contributed by atoms with Crippen LogP contribution in [0.15, 0.2) is 11.1 Å². The number of nitrogens with two attached hydrogens (primary N) is 1. The summed E-state index contributed by atoms with van der Waals surface area (Å²) in [7, 11) is 1.80. The first-order chi connectivity index (χ1) is 7.04. The minimum absolute atomic E-state index is 0.376. The minimum Gasteiger partial charge on any atom is -0.480 e. The van der Waals surface area contributed by atoms with Crippen molar-refractivity contribution in [2.75, 3.05) is 6.54 Å². The fraction of sp³-hybridized carbons (Fsp3) is 0.556. The van der Waals surface area contributed by atoms with Gasteiger partial charge in [-0.15, -0.1) is 0 Å². The fourth-order valence-corrected chi connectivity index (χ4v) is 2.31. The average Bonchev–Trinajstić information content (AvgIpc) is 2.44. The zero-order valence-corrected chi connectivity index (χ0v) is 9.62. The van der Waals surface area contributed by atoms with Crippen molar-refractivity contribution in [2.45, 2.75) is 23.6 Å². The van der Waals surface area contributed by atoms with Crippen molar-refractivity contribution < 1.29 is 9.90 Å². The zero-order valence-electron chi connectivity index (χ0n) is 8.80. The van der Waals surface area contributed by atoms with Gasteiger partial charge in [0.2, 0.25) is 0 Å². The third kappa shape index (κ3) is 3.24. The molecule has 0 saturated carbocycles. The molecule has 1 rings (SSSR count). The normalized spacial score (nSPS) is 12.7. The summed E-state index contributed by atoms with van der Waals surface area (Å²) in [5.41, 5.74) is 6.25. The Morgan fingerprint density at radius 2 is 2.47 bits per heavy atom. The van der Waals surface area contributed by atoms with Crippen molar-refractivity contribution in [3.05, 3.63) is 11.8 Å². The first-order valence-corrected chi connectivity index (χ1v) is 5.52. The van der Waals surface area contributed by atoms with Gasteiger partial charge in [-0.1, -0.05) is 11.8 Å². The van der Waals surface area contributed by atoms with Crippen LogP contribution in [0.25, 0.3) is 0 Å². The van der Waals surface area contributed by atoms with E-state index in [4.69, 9.17) is 10.8 Å². The van der Waals surface area contributed by atoms with E-state index in [1.54, 1.807) is 11.7 Å². The second-order valence-corrected chi connectivity index (χ2v) is 4.49. The van der Waals surface area contributed by atoms with E-state index < -0.39 is 11.2 Å². The van der Waals surface area contributed by atoms with Crippen molar-refractivity contribution in [1.82, 2.24) is 9.78 Å². The van der Waals surface area contributed by atoms with Crippen LogP contribution < -0.4 is 5.73 Å². The summed E-state index contributed by atoms with van der Waals surface area (Å²) in [6, 6.07) is 1.87. The van der Waals surface area contributed by atoms with E-state index in [0.29, 0.717) is 13.0 Å². The highest BCUT2D eigenvalue weighted by molar-refractivity contribution is 8.00. The van der Waals surface area contributed by atoms with Crippen LogP contribution >= 0.6 is 11.8 Å². The summed E-state index contributed by atoms with van der Waals surface area (Å²) in [5.74, 6) is -0.829. The first kappa shape index (κ1) is 12.1. The lowest BCUT2D eigenvalue weighted by Gasteiger charge is -2.10. The molecule has 0 aliphatic carbocycles. The van der Waals surface area contributed by atoms with E-state index in [0.717, 1.165) is 10.7 Å². The molecule has 0 aliphatic heterocycles. The molecule has 0 radical (unpaired) electrons. The van der Waals surface area contributed by atoms with Gasteiger partial charge in [-0.3, -0.25) is 9.48 Å². The van der Waals surface area contributed by atoms with Gasteiger partial charge < -0.3 is 10.8 Å². The molecular formula is C9H15N3O2S. The summed E-state index contributed by atoms with van der Waals surface area (Å²) in [5, 5.41) is 13.5. The molecule has 1 aromatic heterocycles. The molecule has 1 heterocycles. The molecule has 0 bridgehead atoms. The number of thioether (sulfide) groups is 1. The number of aryl methyl sites for hydroxylation is 2.